The molecular weight excluding hydrogens is 318 g/mol. The first-order chi connectivity index (χ1) is 11.8. The third-order valence-electron chi connectivity index (χ3n) is 4.88. The van der Waals surface area contributed by atoms with E-state index in [1.54, 1.807) is 0 Å². The van der Waals surface area contributed by atoms with Crippen molar-refractivity contribution >= 4 is 22.6 Å². The van der Waals surface area contributed by atoms with E-state index in [-0.39, 0.29) is 0 Å². The summed E-state index contributed by atoms with van der Waals surface area (Å²) in [5.74, 6) is 1.45. The molecule has 1 fully saturated rings. The second-order valence-electron chi connectivity index (χ2n) is 6.54. The van der Waals surface area contributed by atoms with Crippen LogP contribution in [0.25, 0.3) is 11.0 Å². The third kappa shape index (κ3) is 3.06. The van der Waals surface area contributed by atoms with E-state index in [1.807, 2.05) is 6.07 Å². The number of nitrogens with zero attached hydrogens (tertiary/aromatic N) is 3. The van der Waals surface area contributed by atoms with Gasteiger partial charge < -0.3 is 4.57 Å². The summed E-state index contributed by atoms with van der Waals surface area (Å²) in [6.07, 6.45) is 2.40. The molecule has 4 heteroatoms. The Kier molecular flexibility index (Phi) is 4.54. The van der Waals surface area contributed by atoms with Gasteiger partial charge in [0.05, 0.1) is 16.9 Å². The van der Waals surface area contributed by atoms with E-state index < -0.39 is 0 Å². The van der Waals surface area contributed by atoms with Gasteiger partial charge in [-0.15, -0.1) is 11.6 Å². The molecule has 1 atom stereocenters. The number of benzene rings is 2. The molecular formula is C20H22ClN3. The minimum absolute atomic E-state index is 0.448. The fraction of sp³-hybridized carbons (Fsp3) is 0.350. The number of likely N-dealkylation sites (tertiary alicyclic amines) is 1. The largest absolute Gasteiger partial charge is 0.323 e. The number of hydrogen-bond acceptors (Lipinski definition) is 2. The van der Waals surface area contributed by atoms with Crippen LogP contribution in [0.15, 0.2) is 54.6 Å². The highest BCUT2D eigenvalue weighted by Gasteiger charge is 2.24. The molecule has 0 radical (unpaired) electrons. The second-order valence-corrected chi connectivity index (χ2v) is 6.80. The molecule has 1 aliphatic heterocycles. The normalized spacial score (nSPS) is 19.0. The van der Waals surface area contributed by atoms with Gasteiger partial charge in [-0.05, 0) is 37.1 Å². The molecule has 0 spiro atoms. The number of aromatic nitrogens is 2. The predicted octanol–water partition coefficient (Wildman–Crippen LogP) is 4.61. The fourth-order valence-electron chi connectivity index (χ4n) is 3.82. The number of alkyl halides is 1. The van der Waals surface area contributed by atoms with Gasteiger partial charge in [-0.1, -0.05) is 42.5 Å². The molecule has 3 nitrogen and oxygen atoms in total. The summed E-state index contributed by atoms with van der Waals surface area (Å²) in [4.78, 5) is 7.28. The molecule has 3 aromatic rings. The number of halogens is 1. The zero-order valence-corrected chi connectivity index (χ0v) is 14.5. The van der Waals surface area contributed by atoms with E-state index in [2.05, 4.69) is 58.0 Å². The Labute approximate surface area is 147 Å². The SMILES string of the molecule is ClCc1nc2ccccc2n1[C@@H]1CCCN(Cc2ccccc2)C1. The first-order valence-corrected chi connectivity index (χ1v) is 9.16. The highest BCUT2D eigenvalue weighted by molar-refractivity contribution is 6.16. The lowest BCUT2D eigenvalue weighted by Gasteiger charge is -2.34. The van der Waals surface area contributed by atoms with Crippen molar-refractivity contribution in [2.75, 3.05) is 13.1 Å². The van der Waals surface area contributed by atoms with Gasteiger partial charge >= 0.3 is 0 Å². The van der Waals surface area contributed by atoms with Crippen LogP contribution < -0.4 is 0 Å². The summed E-state index contributed by atoms with van der Waals surface area (Å²) >= 11 is 6.19. The number of piperidine rings is 1. The smallest absolute Gasteiger partial charge is 0.125 e. The van der Waals surface area contributed by atoms with Gasteiger partial charge in [0.1, 0.15) is 5.82 Å². The molecule has 1 aliphatic rings. The average Bonchev–Trinajstić information content (AvgIpc) is 3.01. The zero-order chi connectivity index (χ0) is 16.4. The number of fused-ring (bicyclic) bond motifs is 1. The average molecular weight is 340 g/mol. The monoisotopic (exact) mass is 339 g/mol. The molecule has 1 saturated heterocycles. The maximum Gasteiger partial charge on any atom is 0.125 e. The maximum atomic E-state index is 6.19. The molecule has 1 aromatic heterocycles. The van der Waals surface area contributed by atoms with Crippen molar-refractivity contribution in [1.29, 1.82) is 0 Å². The van der Waals surface area contributed by atoms with E-state index in [4.69, 9.17) is 16.6 Å². The minimum atomic E-state index is 0.448. The lowest BCUT2D eigenvalue weighted by molar-refractivity contribution is 0.171. The summed E-state index contributed by atoms with van der Waals surface area (Å²) in [5, 5.41) is 0. The van der Waals surface area contributed by atoms with Crippen LogP contribution >= 0.6 is 11.6 Å². The summed E-state index contributed by atoms with van der Waals surface area (Å²) in [5.41, 5.74) is 3.64. The van der Waals surface area contributed by atoms with Gasteiger partial charge in [-0.3, -0.25) is 4.90 Å². The van der Waals surface area contributed by atoms with Crippen LogP contribution in [-0.4, -0.2) is 27.5 Å². The van der Waals surface area contributed by atoms with Crippen molar-refractivity contribution in [3.63, 3.8) is 0 Å². The lowest BCUT2D eigenvalue weighted by atomic mass is 10.0. The molecule has 0 unspecified atom stereocenters. The van der Waals surface area contributed by atoms with Crippen LogP contribution in [0, 0.1) is 0 Å². The Balaban J connectivity index is 1.60. The van der Waals surface area contributed by atoms with Crippen molar-refractivity contribution in [2.45, 2.75) is 31.3 Å². The predicted molar refractivity (Wildman–Crippen MR) is 99.3 cm³/mol. The third-order valence-corrected chi connectivity index (χ3v) is 5.12. The van der Waals surface area contributed by atoms with Crippen molar-refractivity contribution in [1.82, 2.24) is 14.5 Å². The summed E-state index contributed by atoms with van der Waals surface area (Å²) in [7, 11) is 0. The molecule has 0 amide bonds. The number of hydrogen-bond donors (Lipinski definition) is 0. The van der Waals surface area contributed by atoms with Gasteiger partial charge in [0.25, 0.3) is 0 Å². The van der Waals surface area contributed by atoms with Crippen LogP contribution in [0.5, 0.6) is 0 Å². The summed E-state index contributed by atoms with van der Waals surface area (Å²) in [6.45, 7) is 3.23. The highest BCUT2D eigenvalue weighted by Crippen LogP contribution is 2.29. The Bertz CT molecular complexity index is 812. The first-order valence-electron chi connectivity index (χ1n) is 8.63. The molecule has 4 rings (SSSR count). The van der Waals surface area contributed by atoms with Gasteiger partial charge in [0.15, 0.2) is 0 Å². The molecule has 0 N–H and O–H groups in total. The molecule has 0 bridgehead atoms. The van der Waals surface area contributed by atoms with Crippen LogP contribution in [0.2, 0.25) is 0 Å². The van der Waals surface area contributed by atoms with Crippen molar-refractivity contribution in [3.8, 4) is 0 Å². The standard InChI is InChI=1S/C20H22ClN3/c21-13-20-22-18-10-4-5-11-19(18)24(20)17-9-6-12-23(15-17)14-16-7-2-1-3-8-16/h1-5,7-8,10-11,17H,6,9,12-15H2/t17-/m1/s1. The van der Waals surface area contributed by atoms with Crippen LogP contribution in [-0.2, 0) is 12.4 Å². The Morgan fingerprint density at radius 1 is 1.04 bits per heavy atom. The first kappa shape index (κ1) is 15.7. The van der Waals surface area contributed by atoms with Crippen molar-refractivity contribution in [2.24, 2.45) is 0 Å². The minimum Gasteiger partial charge on any atom is -0.323 e. The molecule has 124 valence electrons. The lowest BCUT2D eigenvalue weighted by Crippen LogP contribution is -2.36. The van der Waals surface area contributed by atoms with Gasteiger partial charge in [0.2, 0.25) is 0 Å². The van der Waals surface area contributed by atoms with Crippen molar-refractivity contribution in [3.05, 3.63) is 66.0 Å². The van der Waals surface area contributed by atoms with E-state index in [1.165, 1.54) is 23.9 Å². The van der Waals surface area contributed by atoms with Gasteiger partial charge in [-0.2, -0.15) is 0 Å². The maximum absolute atomic E-state index is 6.19. The van der Waals surface area contributed by atoms with E-state index in [0.29, 0.717) is 11.9 Å². The van der Waals surface area contributed by atoms with Crippen LogP contribution in [0.1, 0.15) is 30.3 Å². The van der Waals surface area contributed by atoms with Crippen LogP contribution in [0.4, 0.5) is 0 Å². The molecule has 0 saturated carbocycles. The van der Waals surface area contributed by atoms with Crippen LogP contribution in [0.3, 0.4) is 0 Å². The number of rotatable bonds is 4. The number of imidazole rings is 1. The van der Waals surface area contributed by atoms with Gasteiger partial charge in [-0.25, -0.2) is 4.98 Å². The van der Waals surface area contributed by atoms with E-state index >= 15 is 0 Å². The van der Waals surface area contributed by atoms with E-state index in [9.17, 15) is 0 Å². The Hall–Kier alpha value is -1.84. The molecule has 2 heterocycles. The molecule has 2 aromatic carbocycles. The Morgan fingerprint density at radius 2 is 1.83 bits per heavy atom. The Morgan fingerprint density at radius 3 is 2.67 bits per heavy atom. The molecule has 24 heavy (non-hydrogen) atoms. The highest BCUT2D eigenvalue weighted by atomic mass is 35.5. The fourth-order valence-corrected chi connectivity index (χ4v) is 4.01. The number of para-hydroxylation sites is 2. The summed E-state index contributed by atoms with van der Waals surface area (Å²) < 4.78 is 2.37. The summed E-state index contributed by atoms with van der Waals surface area (Å²) in [6, 6.07) is 19.5. The quantitative estimate of drug-likeness (QED) is 0.647. The molecule has 0 aliphatic carbocycles. The van der Waals surface area contributed by atoms with E-state index in [0.717, 1.165) is 31.0 Å². The van der Waals surface area contributed by atoms with Crippen molar-refractivity contribution < 1.29 is 0 Å². The zero-order valence-electron chi connectivity index (χ0n) is 13.7. The van der Waals surface area contributed by atoms with Gasteiger partial charge in [0, 0.05) is 19.1 Å². The second kappa shape index (κ2) is 6.96. The topological polar surface area (TPSA) is 21.1 Å².